The number of nitrogens with zero attached hydrogens (tertiary/aromatic N) is 1. The number of rotatable bonds is 5. The molecule has 0 unspecified atom stereocenters. The monoisotopic (exact) mass is 316 g/mol. The molecular formula is C18H24N2O3. The molecule has 0 aliphatic carbocycles. The van der Waals surface area contributed by atoms with Crippen molar-refractivity contribution >= 4 is 17.9 Å². The van der Waals surface area contributed by atoms with Gasteiger partial charge in [-0.1, -0.05) is 43.2 Å². The molecule has 0 aromatic heterocycles. The second kappa shape index (κ2) is 9.10. The SMILES string of the molecule is O=C(C=Cc1ccccc1)N[C@@H](CO)C(=O)N1CCCCCC1. The van der Waals surface area contributed by atoms with E-state index in [1.807, 2.05) is 30.3 Å². The van der Waals surface area contributed by atoms with E-state index in [0.717, 1.165) is 31.2 Å². The minimum atomic E-state index is -0.874. The van der Waals surface area contributed by atoms with Crippen molar-refractivity contribution in [1.82, 2.24) is 10.2 Å². The molecule has 0 spiro atoms. The van der Waals surface area contributed by atoms with Crippen LogP contribution >= 0.6 is 0 Å². The van der Waals surface area contributed by atoms with Gasteiger partial charge in [0.05, 0.1) is 6.61 Å². The number of aliphatic hydroxyl groups excluding tert-OH is 1. The summed E-state index contributed by atoms with van der Waals surface area (Å²) in [6, 6.07) is 8.57. The van der Waals surface area contributed by atoms with E-state index in [9.17, 15) is 14.7 Å². The predicted octanol–water partition coefficient (Wildman–Crippen LogP) is 1.58. The van der Waals surface area contributed by atoms with Gasteiger partial charge in [0.15, 0.2) is 0 Å². The van der Waals surface area contributed by atoms with Crippen molar-refractivity contribution in [1.29, 1.82) is 0 Å². The summed E-state index contributed by atoms with van der Waals surface area (Å²) in [7, 11) is 0. The zero-order chi connectivity index (χ0) is 16.5. The van der Waals surface area contributed by atoms with Crippen molar-refractivity contribution < 1.29 is 14.7 Å². The first-order chi connectivity index (χ1) is 11.2. The van der Waals surface area contributed by atoms with E-state index < -0.39 is 6.04 Å². The van der Waals surface area contributed by atoms with Crippen LogP contribution in [0.25, 0.3) is 6.08 Å². The first-order valence-corrected chi connectivity index (χ1v) is 8.14. The number of hydrogen-bond acceptors (Lipinski definition) is 3. The lowest BCUT2D eigenvalue weighted by Crippen LogP contribution is -2.50. The molecule has 1 aromatic rings. The molecule has 2 amide bonds. The van der Waals surface area contributed by atoms with Gasteiger partial charge in [0.1, 0.15) is 6.04 Å². The van der Waals surface area contributed by atoms with E-state index in [-0.39, 0.29) is 18.4 Å². The third-order valence-electron chi connectivity index (χ3n) is 3.94. The van der Waals surface area contributed by atoms with E-state index >= 15 is 0 Å². The highest BCUT2D eigenvalue weighted by Crippen LogP contribution is 2.11. The Morgan fingerprint density at radius 1 is 1.13 bits per heavy atom. The molecule has 1 fully saturated rings. The molecule has 1 atom stereocenters. The zero-order valence-corrected chi connectivity index (χ0v) is 13.3. The van der Waals surface area contributed by atoms with Gasteiger partial charge in [0, 0.05) is 19.2 Å². The number of likely N-dealkylation sites (tertiary alicyclic amines) is 1. The molecule has 1 saturated heterocycles. The first-order valence-electron chi connectivity index (χ1n) is 8.14. The summed E-state index contributed by atoms with van der Waals surface area (Å²) in [5.41, 5.74) is 0.905. The average molecular weight is 316 g/mol. The van der Waals surface area contributed by atoms with Gasteiger partial charge in [-0.15, -0.1) is 0 Å². The van der Waals surface area contributed by atoms with E-state index in [1.165, 1.54) is 6.08 Å². The van der Waals surface area contributed by atoms with Crippen LogP contribution in [-0.2, 0) is 9.59 Å². The Hall–Kier alpha value is -2.14. The van der Waals surface area contributed by atoms with Crippen molar-refractivity contribution in [2.24, 2.45) is 0 Å². The molecule has 2 rings (SSSR count). The molecule has 5 nitrogen and oxygen atoms in total. The van der Waals surface area contributed by atoms with E-state index in [4.69, 9.17) is 0 Å². The Balaban J connectivity index is 1.91. The van der Waals surface area contributed by atoms with Gasteiger partial charge in [0.25, 0.3) is 0 Å². The quantitative estimate of drug-likeness (QED) is 0.810. The molecule has 0 saturated carbocycles. The summed E-state index contributed by atoms with van der Waals surface area (Å²) < 4.78 is 0. The molecule has 0 bridgehead atoms. The van der Waals surface area contributed by atoms with Gasteiger partial charge in [-0.05, 0) is 24.5 Å². The fourth-order valence-electron chi connectivity index (χ4n) is 2.65. The van der Waals surface area contributed by atoms with Gasteiger partial charge >= 0.3 is 0 Å². The molecule has 23 heavy (non-hydrogen) atoms. The highest BCUT2D eigenvalue weighted by atomic mass is 16.3. The van der Waals surface area contributed by atoms with E-state index in [2.05, 4.69) is 5.32 Å². The van der Waals surface area contributed by atoms with Crippen LogP contribution in [0.15, 0.2) is 36.4 Å². The number of carbonyl (C=O) groups excluding carboxylic acids is 2. The van der Waals surface area contributed by atoms with Crippen LogP contribution < -0.4 is 5.32 Å². The maximum atomic E-state index is 12.4. The molecular weight excluding hydrogens is 292 g/mol. The van der Waals surface area contributed by atoms with Crippen LogP contribution in [-0.4, -0.2) is 47.6 Å². The lowest BCUT2D eigenvalue weighted by atomic mass is 10.2. The Morgan fingerprint density at radius 3 is 2.39 bits per heavy atom. The largest absolute Gasteiger partial charge is 0.394 e. The lowest BCUT2D eigenvalue weighted by Gasteiger charge is -2.25. The topological polar surface area (TPSA) is 69.6 Å². The molecule has 1 aromatic carbocycles. The minimum absolute atomic E-state index is 0.198. The minimum Gasteiger partial charge on any atom is -0.394 e. The van der Waals surface area contributed by atoms with Gasteiger partial charge in [-0.25, -0.2) is 0 Å². The van der Waals surface area contributed by atoms with Crippen LogP contribution in [0.3, 0.4) is 0 Å². The average Bonchev–Trinajstić information content (AvgIpc) is 2.87. The summed E-state index contributed by atoms with van der Waals surface area (Å²) >= 11 is 0. The molecule has 1 aliphatic heterocycles. The van der Waals surface area contributed by atoms with E-state index in [0.29, 0.717) is 13.1 Å². The van der Waals surface area contributed by atoms with Crippen LogP contribution in [0.4, 0.5) is 0 Å². The number of nitrogens with one attached hydrogen (secondary N) is 1. The second-order valence-electron chi connectivity index (χ2n) is 5.73. The highest BCUT2D eigenvalue weighted by Gasteiger charge is 2.25. The van der Waals surface area contributed by atoms with Gasteiger partial charge in [-0.2, -0.15) is 0 Å². The Kier molecular flexibility index (Phi) is 6.81. The maximum absolute atomic E-state index is 12.4. The normalized spacial score (nSPS) is 16.8. The van der Waals surface area contributed by atoms with Crippen molar-refractivity contribution in [2.75, 3.05) is 19.7 Å². The van der Waals surface area contributed by atoms with Gasteiger partial charge in [-0.3, -0.25) is 9.59 Å². The Bertz CT molecular complexity index is 534. The summed E-state index contributed by atoms with van der Waals surface area (Å²) in [4.78, 5) is 26.1. The molecule has 1 heterocycles. The third-order valence-corrected chi connectivity index (χ3v) is 3.94. The molecule has 124 valence electrons. The standard InChI is InChI=1S/C18H24N2O3/c21-14-16(18(23)20-12-6-1-2-7-13-20)19-17(22)11-10-15-8-4-3-5-9-15/h3-5,8-11,16,21H,1-2,6-7,12-14H2,(H,19,22)/t16-/m0/s1. The number of benzene rings is 1. The number of aliphatic hydroxyl groups is 1. The smallest absolute Gasteiger partial charge is 0.247 e. The highest BCUT2D eigenvalue weighted by molar-refractivity contribution is 5.95. The van der Waals surface area contributed by atoms with Crippen LogP contribution in [0.2, 0.25) is 0 Å². The molecule has 0 radical (unpaired) electrons. The first kappa shape index (κ1) is 17.2. The molecule has 1 aliphatic rings. The summed E-state index contributed by atoms with van der Waals surface area (Å²) in [5.74, 6) is -0.577. The Morgan fingerprint density at radius 2 is 1.78 bits per heavy atom. The van der Waals surface area contributed by atoms with Gasteiger partial charge < -0.3 is 15.3 Å². The number of carbonyl (C=O) groups is 2. The van der Waals surface area contributed by atoms with Crippen molar-refractivity contribution in [2.45, 2.75) is 31.7 Å². The number of amides is 2. The summed E-state index contributed by atoms with van der Waals surface area (Å²) in [5, 5.41) is 12.0. The Labute approximate surface area is 137 Å². The zero-order valence-electron chi connectivity index (χ0n) is 13.3. The van der Waals surface area contributed by atoms with Crippen LogP contribution in [0.1, 0.15) is 31.2 Å². The lowest BCUT2D eigenvalue weighted by molar-refractivity contribution is -0.136. The summed E-state index contributed by atoms with van der Waals surface area (Å²) in [6.07, 6.45) is 7.27. The third kappa shape index (κ3) is 5.53. The summed E-state index contributed by atoms with van der Waals surface area (Å²) in [6.45, 7) is 1.01. The predicted molar refractivity (Wildman–Crippen MR) is 89.5 cm³/mol. The number of hydrogen-bond donors (Lipinski definition) is 2. The van der Waals surface area contributed by atoms with Crippen molar-refractivity contribution in [3.05, 3.63) is 42.0 Å². The van der Waals surface area contributed by atoms with Gasteiger partial charge in [0.2, 0.25) is 11.8 Å². The van der Waals surface area contributed by atoms with E-state index in [1.54, 1.807) is 11.0 Å². The van der Waals surface area contributed by atoms with Crippen molar-refractivity contribution in [3.8, 4) is 0 Å². The molecule has 2 N–H and O–H groups in total. The molecule has 5 heteroatoms. The fourth-order valence-corrected chi connectivity index (χ4v) is 2.65. The fraction of sp³-hybridized carbons (Fsp3) is 0.444. The second-order valence-corrected chi connectivity index (χ2v) is 5.73. The van der Waals surface area contributed by atoms with Crippen molar-refractivity contribution in [3.63, 3.8) is 0 Å². The van der Waals surface area contributed by atoms with Crippen LogP contribution in [0.5, 0.6) is 0 Å². The van der Waals surface area contributed by atoms with Crippen LogP contribution in [0, 0.1) is 0 Å². The maximum Gasteiger partial charge on any atom is 0.247 e.